The van der Waals surface area contributed by atoms with Crippen molar-refractivity contribution in [2.24, 2.45) is 52.2 Å². The number of fused-ring (bicyclic) bond motifs is 5. The van der Waals surface area contributed by atoms with E-state index in [0.29, 0.717) is 23.2 Å². The highest BCUT2D eigenvalue weighted by atomic mass is 16.8. The summed E-state index contributed by atoms with van der Waals surface area (Å²) in [4.78, 5) is 4.62. The Hall–Kier alpha value is -0.200. The molecule has 0 saturated heterocycles. The van der Waals surface area contributed by atoms with E-state index in [9.17, 15) is 10.2 Å². The van der Waals surface area contributed by atoms with Crippen molar-refractivity contribution in [2.75, 3.05) is 0 Å². The lowest BCUT2D eigenvalue weighted by Gasteiger charge is -2.61. The molecule has 10 unspecified atom stereocenters. The van der Waals surface area contributed by atoms with Gasteiger partial charge in [-0.1, -0.05) is 20.8 Å². The summed E-state index contributed by atoms with van der Waals surface area (Å²) in [6, 6.07) is 0. The fourth-order valence-electron chi connectivity index (χ4n) is 9.14. The van der Waals surface area contributed by atoms with Gasteiger partial charge in [-0.15, -0.1) is 0 Å². The summed E-state index contributed by atoms with van der Waals surface area (Å²) >= 11 is 0. The molecule has 0 amide bonds. The van der Waals surface area contributed by atoms with Crippen LogP contribution in [0.3, 0.4) is 0 Å². The lowest BCUT2D eigenvalue weighted by Crippen LogP contribution is -2.54. The van der Waals surface area contributed by atoms with Gasteiger partial charge in [-0.2, -0.15) is 0 Å². The second-order valence-corrected chi connectivity index (χ2v) is 12.2. The lowest BCUT2D eigenvalue weighted by atomic mass is 9.44. The molecule has 5 heteroatoms. The van der Waals surface area contributed by atoms with Crippen LogP contribution in [0.4, 0.5) is 0 Å². The number of rotatable bonds is 7. The molecule has 0 bridgehead atoms. The van der Waals surface area contributed by atoms with Crippen molar-refractivity contribution in [3.05, 3.63) is 0 Å². The molecule has 31 heavy (non-hydrogen) atoms. The predicted molar refractivity (Wildman–Crippen MR) is 121 cm³/mol. The van der Waals surface area contributed by atoms with Gasteiger partial charge in [0.1, 0.15) is 0 Å². The quantitative estimate of drug-likeness (QED) is 0.386. The highest BCUT2D eigenvalue weighted by molar-refractivity contribution is 5.09. The largest absolute Gasteiger partial charge is 0.393 e. The average Bonchev–Trinajstić information content (AvgIpc) is 3.09. The van der Waals surface area contributed by atoms with E-state index in [1.165, 1.54) is 44.9 Å². The minimum atomic E-state index is -0.807. The van der Waals surface area contributed by atoms with Crippen molar-refractivity contribution in [1.82, 2.24) is 0 Å². The van der Waals surface area contributed by atoms with Crippen LogP contribution >= 0.6 is 0 Å². The summed E-state index contributed by atoms with van der Waals surface area (Å²) in [5.74, 6) is 9.80. The molecule has 4 aliphatic carbocycles. The first-order chi connectivity index (χ1) is 14.7. The van der Waals surface area contributed by atoms with Gasteiger partial charge in [0.25, 0.3) is 0 Å². The minimum absolute atomic E-state index is 0.0566. The number of ether oxygens (including phenoxy) is 1. The van der Waals surface area contributed by atoms with E-state index >= 15 is 0 Å². The van der Waals surface area contributed by atoms with E-state index < -0.39 is 12.6 Å². The van der Waals surface area contributed by atoms with Gasteiger partial charge in [-0.3, -0.25) is 4.84 Å². The Labute approximate surface area is 189 Å². The molecule has 4 fully saturated rings. The molecule has 0 heterocycles. The first kappa shape index (κ1) is 23.9. The topological polar surface area (TPSA) is 84.9 Å². The molecule has 0 spiro atoms. The zero-order valence-electron chi connectivity index (χ0n) is 20.3. The van der Waals surface area contributed by atoms with E-state index in [2.05, 4.69) is 25.6 Å². The van der Waals surface area contributed by atoms with Crippen LogP contribution in [0.25, 0.3) is 0 Å². The summed E-state index contributed by atoms with van der Waals surface area (Å²) in [5, 5.41) is 20.4. The van der Waals surface area contributed by atoms with Crippen LogP contribution in [0.5, 0.6) is 0 Å². The van der Waals surface area contributed by atoms with Gasteiger partial charge in [-0.05, 0) is 124 Å². The smallest absolute Gasteiger partial charge is 0.177 e. The van der Waals surface area contributed by atoms with Crippen LogP contribution in [-0.4, -0.2) is 28.9 Å². The van der Waals surface area contributed by atoms with Gasteiger partial charge < -0.3 is 14.9 Å². The maximum absolute atomic E-state index is 10.3. The number of aliphatic hydroxyl groups is 2. The van der Waals surface area contributed by atoms with Gasteiger partial charge in [0.15, 0.2) is 12.6 Å². The second-order valence-electron chi connectivity index (χ2n) is 12.2. The van der Waals surface area contributed by atoms with Crippen molar-refractivity contribution in [2.45, 2.75) is 117 Å². The molecule has 4 saturated carbocycles. The van der Waals surface area contributed by atoms with Crippen LogP contribution in [0.2, 0.25) is 0 Å². The highest BCUT2D eigenvalue weighted by Gasteiger charge is 2.60. The molecule has 0 aromatic carbocycles. The molecule has 0 radical (unpaired) electrons. The summed E-state index contributed by atoms with van der Waals surface area (Å²) in [7, 11) is 0. The molecule has 11 atom stereocenters. The molecular weight excluding hydrogens is 390 g/mol. The third-order valence-electron chi connectivity index (χ3n) is 10.8. The Kier molecular flexibility index (Phi) is 7.11. The normalized spacial score (nSPS) is 47.7. The number of hydrogen-bond acceptors (Lipinski definition) is 5. The van der Waals surface area contributed by atoms with Gasteiger partial charge in [0.2, 0.25) is 0 Å². The number of nitrogens with two attached hydrogens (primary N) is 1. The van der Waals surface area contributed by atoms with Gasteiger partial charge in [0.05, 0.1) is 6.10 Å². The van der Waals surface area contributed by atoms with Crippen LogP contribution in [0.1, 0.15) is 98.3 Å². The maximum Gasteiger partial charge on any atom is 0.177 e. The summed E-state index contributed by atoms with van der Waals surface area (Å²) in [5.41, 5.74) is 0.897. The molecule has 4 aliphatic rings. The Bertz CT molecular complexity index is 616. The number of aliphatic hydroxyl groups excluding tert-OH is 2. The van der Waals surface area contributed by atoms with Gasteiger partial charge >= 0.3 is 0 Å². The Morgan fingerprint density at radius 3 is 2.39 bits per heavy atom. The van der Waals surface area contributed by atoms with Crippen LogP contribution in [0.15, 0.2) is 0 Å². The van der Waals surface area contributed by atoms with Crippen LogP contribution in [0, 0.1) is 46.3 Å². The van der Waals surface area contributed by atoms with Crippen molar-refractivity contribution in [1.29, 1.82) is 0 Å². The van der Waals surface area contributed by atoms with Crippen LogP contribution < -0.4 is 5.90 Å². The lowest BCUT2D eigenvalue weighted by molar-refractivity contribution is -0.225. The fourth-order valence-corrected chi connectivity index (χ4v) is 9.14. The molecule has 0 aliphatic heterocycles. The summed E-state index contributed by atoms with van der Waals surface area (Å²) in [6.07, 6.45) is 11.6. The molecule has 0 aromatic rings. The Morgan fingerprint density at radius 1 is 0.935 bits per heavy atom. The first-order valence-corrected chi connectivity index (χ1v) is 13.1. The zero-order chi connectivity index (χ0) is 22.4. The van der Waals surface area contributed by atoms with E-state index in [1.807, 2.05) is 0 Å². The van der Waals surface area contributed by atoms with Crippen molar-refractivity contribution >= 4 is 0 Å². The SMILES string of the molecule is CC(ON)O[C@H](O)CCC(C)C1CCC2C3CCC4CC(O)CCC4(C)C3CCC12C. The number of hydrogen-bond donors (Lipinski definition) is 3. The van der Waals surface area contributed by atoms with E-state index in [4.69, 9.17) is 10.6 Å². The second kappa shape index (κ2) is 9.21. The molecule has 180 valence electrons. The maximum atomic E-state index is 10.3. The average molecular weight is 438 g/mol. The fraction of sp³-hybridized carbons (Fsp3) is 1.00. The van der Waals surface area contributed by atoms with Crippen molar-refractivity contribution in [3.63, 3.8) is 0 Å². The van der Waals surface area contributed by atoms with E-state index in [1.54, 1.807) is 6.92 Å². The predicted octanol–water partition coefficient (Wildman–Crippen LogP) is 4.99. The highest BCUT2D eigenvalue weighted by Crippen LogP contribution is 2.68. The standard InChI is InChI=1S/C26H47NO4/c1-16(5-10-24(29)30-17(2)31-27)21-8-9-22-20-7-6-18-15-19(28)11-13-25(18,3)23(20)12-14-26(21,22)4/h16-24,28-29H,5-15,27H2,1-4H3/t16?,17?,18?,19?,20?,21?,22?,23?,24-,25?,26?/m0/s1. The Balaban J connectivity index is 1.40. The van der Waals surface area contributed by atoms with E-state index in [0.717, 1.165) is 48.9 Å². The zero-order valence-corrected chi connectivity index (χ0v) is 20.3. The molecule has 4 rings (SSSR count). The van der Waals surface area contributed by atoms with Crippen LogP contribution in [-0.2, 0) is 9.57 Å². The van der Waals surface area contributed by atoms with Crippen molar-refractivity contribution in [3.8, 4) is 0 Å². The molecule has 0 aromatic heterocycles. The third kappa shape index (κ3) is 4.35. The van der Waals surface area contributed by atoms with Gasteiger partial charge in [0, 0.05) is 0 Å². The molecular formula is C26H47NO4. The third-order valence-corrected chi connectivity index (χ3v) is 10.8. The van der Waals surface area contributed by atoms with E-state index in [-0.39, 0.29) is 6.10 Å². The summed E-state index contributed by atoms with van der Waals surface area (Å²) in [6.45, 7) is 9.26. The van der Waals surface area contributed by atoms with Crippen molar-refractivity contribution < 1.29 is 19.8 Å². The van der Waals surface area contributed by atoms with Gasteiger partial charge in [-0.25, -0.2) is 5.90 Å². The minimum Gasteiger partial charge on any atom is -0.393 e. The molecule has 4 N–H and O–H groups in total. The first-order valence-electron chi connectivity index (χ1n) is 13.1. The monoisotopic (exact) mass is 437 g/mol. The molecule has 5 nitrogen and oxygen atoms in total. The Morgan fingerprint density at radius 2 is 1.65 bits per heavy atom. The summed E-state index contributed by atoms with van der Waals surface area (Å²) < 4.78 is 5.37.